The highest BCUT2D eigenvalue weighted by molar-refractivity contribution is 5.71. The summed E-state index contributed by atoms with van der Waals surface area (Å²) in [6, 6.07) is 3.61. The average Bonchev–Trinajstić information content (AvgIpc) is 2.78. The lowest BCUT2D eigenvalue weighted by molar-refractivity contribution is 0.110. The molecule has 0 unspecified atom stereocenters. The van der Waals surface area contributed by atoms with Crippen molar-refractivity contribution < 1.29 is 9.21 Å². The molecule has 0 saturated carbocycles. The zero-order valence-electron chi connectivity index (χ0n) is 10.2. The molecule has 1 aromatic heterocycles. The van der Waals surface area contributed by atoms with Crippen LogP contribution >= 0.6 is 0 Å². The summed E-state index contributed by atoms with van der Waals surface area (Å²) in [5, 5.41) is 0. The summed E-state index contributed by atoms with van der Waals surface area (Å²) in [5.74, 6) is 1.23. The molecular formula is C13H21NO2. The van der Waals surface area contributed by atoms with Crippen molar-refractivity contribution in [2.24, 2.45) is 0 Å². The van der Waals surface area contributed by atoms with Gasteiger partial charge in [0.15, 0.2) is 17.9 Å². The Hall–Kier alpha value is -1.25. The molecule has 0 spiro atoms. The van der Waals surface area contributed by atoms with Crippen molar-refractivity contribution in [3.63, 3.8) is 0 Å². The minimum absolute atomic E-state index is 0.410. The second-order valence-corrected chi connectivity index (χ2v) is 3.99. The molecule has 3 nitrogen and oxygen atoms in total. The SMILES string of the molecule is CCCCN(CCCC)c1ccc(C=O)o1. The summed E-state index contributed by atoms with van der Waals surface area (Å²) in [7, 11) is 0. The molecule has 0 aliphatic carbocycles. The van der Waals surface area contributed by atoms with E-state index in [0.717, 1.165) is 38.1 Å². The van der Waals surface area contributed by atoms with Gasteiger partial charge >= 0.3 is 0 Å². The van der Waals surface area contributed by atoms with E-state index in [2.05, 4.69) is 18.7 Å². The second-order valence-electron chi connectivity index (χ2n) is 3.99. The van der Waals surface area contributed by atoms with Gasteiger partial charge in [-0.05, 0) is 18.9 Å². The summed E-state index contributed by atoms with van der Waals surface area (Å²) in [5.41, 5.74) is 0. The third kappa shape index (κ3) is 3.72. The van der Waals surface area contributed by atoms with Crippen molar-refractivity contribution in [1.29, 1.82) is 0 Å². The van der Waals surface area contributed by atoms with Gasteiger partial charge in [-0.2, -0.15) is 0 Å². The van der Waals surface area contributed by atoms with Crippen LogP contribution in [0.1, 0.15) is 50.1 Å². The molecule has 0 radical (unpaired) electrons. The number of carbonyl (C=O) groups excluding carboxylic acids is 1. The van der Waals surface area contributed by atoms with Crippen LogP contribution in [0.2, 0.25) is 0 Å². The Kier molecular flexibility index (Phi) is 5.68. The van der Waals surface area contributed by atoms with Crippen molar-refractivity contribution in [1.82, 2.24) is 0 Å². The van der Waals surface area contributed by atoms with Crippen LogP contribution < -0.4 is 4.90 Å². The van der Waals surface area contributed by atoms with Crippen LogP contribution in [-0.4, -0.2) is 19.4 Å². The first-order valence-electron chi connectivity index (χ1n) is 6.11. The van der Waals surface area contributed by atoms with Crippen molar-refractivity contribution >= 4 is 12.2 Å². The van der Waals surface area contributed by atoms with E-state index in [1.807, 2.05) is 6.07 Å². The van der Waals surface area contributed by atoms with Crippen LogP contribution in [0.3, 0.4) is 0 Å². The van der Waals surface area contributed by atoms with Gasteiger partial charge in [0, 0.05) is 19.2 Å². The topological polar surface area (TPSA) is 33.5 Å². The summed E-state index contributed by atoms with van der Waals surface area (Å²) in [6.07, 6.45) is 5.40. The number of aldehydes is 1. The second kappa shape index (κ2) is 7.09. The van der Waals surface area contributed by atoms with Gasteiger partial charge in [0.1, 0.15) is 0 Å². The van der Waals surface area contributed by atoms with E-state index in [1.54, 1.807) is 6.07 Å². The third-order valence-electron chi connectivity index (χ3n) is 2.60. The number of carbonyl (C=O) groups is 1. The molecule has 0 aliphatic rings. The molecule has 0 aliphatic heterocycles. The van der Waals surface area contributed by atoms with Crippen molar-refractivity contribution in [3.8, 4) is 0 Å². The first kappa shape index (κ1) is 12.8. The minimum Gasteiger partial charge on any atom is -0.438 e. The van der Waals surface area contributed by atoms with Crippen LogP contribution in [0, 0.1) is 0 Å². The maximum Gasteiger partial charge on any atom is 0.196 e. The van der Waals surface area contributed by atoms with Gasteiger partial charge in [-0.3, -0.25) is 4.79 Å². The molecule has 1 aromatic rings. The van der Waals surface area contributed by atoms with Crippen molar-refractivity contribution in [3.05, 3.63) is 17.9 Å². The Bertz CT molecular complexity index is 299. The lowest BCUT2D eigenvalue weighted by Gasteiger charge is -2.21. The molecule has 0 atom stereocenters. The standard InChI is InChI=1S/C13H21NO2/c1-3-5-9-14(10-6-4-2)13-8-7-12(11-15)16-13/h7-8,11H,3-6,9-10H2,1-2H3. The third-order valence-corrected chi connectivity index (χ3v) is 2.60. The average molecular weight is 223 g/mol. The van der Waals surface area contributed by atoms with Gasteiger partial charge in [-0.1, -0.05) is 26.7 Å². The minimum atomic E-state index is 0.410. The summed E-state index contributed by atoms with van der Waals surface area (Å²) in [6.45, 7) is 6.36. The first-order valence-corrected chi connectivity index (χ1v) is 6.11. The fraction of sp³-hybridized carbons (Fsp3) is 0.615. The fourth-order valence-corrected chi connectivity index (χ4v) is 1.61. The van der Waals surface area contributed by atoms with Gasteiger partial charge in [-0.25, -0.2) is 0 Å². The van der Waals surface area contributed by atoms with Gasteiger partial charge in [0.25, 0.3) is 0 Å². The molecule has 0 N–H and O–H groups in total. The number of unbranched alkanes of at least 4 members (excludes halogenated alkanes) is 2. The van der Waals surface area contributed by atoms with E-state index in [1.165, 1.54) is 12.8 Å². The lowest BCUT2D eigenvalue weighted by atomic mass is 10.2. The molecule has 0 aromatic carbocycles. The van der Waals surface area contributed by atoms with E-state index in [4.69, 9.17) is 4.42 Å². The van der Waals surface area contributed by atoms with Gasteiger partial charge < -0.3 is 9.32 Å². The normalized spacial score (nSPS) is 10.4. The highest BCUT2D eigenvalue weighted by Gasteiger charge is 2.09. The molecular weight excluding hydrogens is 202 g/mol. The molecule has 90 valence electrons. The van der Waals surface area contributed by atoms with Crippen LogP contribution in [0.15, 0.2) is 16.5 Å². The molecule has 16 heavy (non-hydrogen) atoms. The maximum atomic E-state index is 10.6. The summed E-state index contributed by atoms with van der Waals surface area (Å²) in [4.78, 5) is 12.8. The number of rotatable bonds is 8. The number of anilines is 1. The highest BCUT2D eigenvalue weighted by Crippen LogP contribution is 2.18. The lowest BCUT2D eigenvalue weighted by Crippen LogP contribution is -2.25. The highest BCUT2D eigenvalue weighted by atomic mass is 16.4. The largest absolute Gasteiger partial charge is 0.438 e. The fourth-order valence-electron chi connectivity index (χ4n) is 1.61. The number of hydrogen-bond donors (Lipinski definition) is 0. The van der Waals surface area contributed by atoms with Crippen LogP contribution in [0.25, 0.3) is 0 Å². The molecule has 0 saturated heterocycles. The van der Waals surface area contributed by atoms with E-state index >= 15 is 0 Å². The van der Waals surface area contributed by atoms with Crippen LogP contribution in [0.5, 0.6) is 0 Å². The number of furan rings is 1. The van der Waals surface area contributed by atoms with E-state index in [-0.39, 0.29) is 0 Å². The number of nitrogens with zero attached hydrogens (tertiary/aromatic N) is 1. The maximum absolute atomic E-state index is 10.6. The molecule has 1 rings (SSSR count). The van der Waals surface area contributed by atoms with Crippen molar-refractivity contribution in [2.75, 3.05) is 18.0 Å². The summed E-state index contributed by atoms with van der Waals surface area (Å²) >= 11 is 0. The van der Waals surface area contributed by atoms with E-state index < -0.39 is 0 Å². The van der Waals surface area contributed by atoms with Gasteiger partial charge in [-0.15, -0.1) is 0 Å². The predicted molar refractivity (Wildman–Crippen MR) is 66.1 cm³/mol. The molecule has 3 heteroatoms. The molecule has 0 fully saturated rings. The first-order chi connectivity index (χ1) is 7.81. The Balaban J connectivity index is 2.62. The van der Waals surface area contributed by atoms with E-state index in [0.29, 0.717) is 5.76 Å². The Morgan fingerprint density at radius 2 is 1.81 bits per heavy atom. The summed E-state index contributed by atoms with van der Waals surface area (Å²) < 4.78 is 5.45. The quantitative estimate of drug-likeness (QED) is 0.632. The van der Waals surface area contributed by atoms with Gasteiger partial charge in [0.2, 0.25) is 0 Å². The van der Waals surface area contributed by atoms with Gasteiger partial charge in [0.05, 0.1) is 0 Å². The van der Waals surface area contributed by atoms with Crippen LogP contribution in [0.4, 0.5) is 5.88 Å². The molecule has 1 heterocycles. The predicted octanol–water partition coefficient (Wildman–Crippen LogP) is 3.50. The zero-order valence-corrected chi connectivity index (χ0v) is 10.2. The zero-order chi connectivity index (χ0) is 11.8. The smallest absolute Gasteiger partial charge is 0.196 e. The Morgan fingerprint density at radius 1 is 1.19 bits per heavy atom. The Labute approximate surface area is 97.4 Å². The van der Waals surface area contributed by atoms with E-state index in [9.17, 15) is 4.79 Å². The Morgan fingerprint density at radius 3 is 2.25 bits per heavy atom. The van der Waals surface area contributed by atoms with Crippen LogP contribution in [-0.2, 0) is 0 Å². The van der Waals surface area contributed by atoms with Crippen molar-refractivity contribution in [2.45, 2.75) is 39.5 Å². The number of hydrogen-bond acceptors (Lipinski definition) is 3. The molecule has 0 amide bonds. The molecule has 0 bridgehead atoms. The monoisotopic (exact) mass is 223 g/mol.